The van der Waals surface area contributed by atoms with Gasteiger partial charge in [0, 0.05) is 0 Å². The van der Waals surface area contributed by atoms with Crippen LogP contribution >= 0.6 is 7.82 Å². The molecule has 0 fully saturated rings. The van der Waals surface area contributed by atoms with Crippen molar-refractivity contribution in [1.29, 1.82) is 0 Å². The Morgan fingerprint density at radius 1 is 0.950 bits per heavy atom. The fourth-order valence-electron chi connectivity index (χ4n) is 1.49. The number of carbonyl (C=O) groups excluding carboxylic acids is 1. The molecule has 0 aliphatic heterocycles. The van der Waals surface area contributed by atoms with Crippen LogP contribution in [-0.4, -0.2) is 15.8 Å². The van der Waals surface area contributed by atoms with Gasteiger partial charge in [-0.05, 0) is 24.3 Å². The second-order valence-corrected chi connectivity index (χ2v) is 4.94. The van der Waals surface area contributed by atoms with E-state index in [0.29, 0.717) is 5.75 Å². The molecule has 0 aliphatic rings. The Balaban J connectivity index is 2.24. The molecule has 2 aromatic rings. The molecule has 0 saturated heterocycles. The lowest BCUT2D eigenvalue weighted by Crippen LogP contribution is -2.10. The van der Waals surface area contributed by atoms with Crippen molar-refractivity contribution < 1.29 is 28.4 Å². The first-order chi connectivity index (χ1) is 9.46. The van der Waals surface area contributed by atoms with Crippen molar-refractivity contribution in [3.8, 4) is 11.5 Å². The van der Waals surface area contributed by atoms with Gasteiger partial charge in [0.15, 0.2) is 0 Å². The Bertz CT molecular complexity index is 649. The van der Waals surface area contributed by atoms with Crippen LogP contribution in [0.4, 0.5) is 0 Å². The molecule has 104 valence electrons. The maximum absolute atomic E-state index is 12.0. The molecule has 0 aliphatic carbocycles. The highest BCUT2D eigenvalue weighted by molar-refractivity contribution is 7.46. The van der Waals surface area contributed by atoms with Gasteiger partial charge in [-0.3, -0.25) is 9.79 Å². The lowest BCUT2D eigenvalue weighted by atomic mass is 10.2. The topological polar surface area (TPSA) is 93.1 Å². The van der Waals surface area contributed by atoms with E-state index in [1.807, 2.05) is 0 Å². The second kappa shape index (κ2) is 5.88. The molecule has 0 heterocycles. The highest BCUT2D eigenvalue weighted by Crippen LogP contribution is 2.39. The molecule has 2 rings (SSSR count). The fraction of sp³-hybridized carbons (Fsp3) is 0. The number of hydrogen-bond acceptors (Lipinski definition) is 4. The highest BCUT2D eigenvalue weighted by Gasteiger charge is 2.22. The number of rotatable bonds is 4. The lowest BCUT2D eigenvalue weighted by Gasteiger charge is -2.11. The van der Waals surface area contributed by atoms with Crippen molar-refractivity contribution >= 4 is 13.8 Å². The number of ether oxygens (including phenoxy) is 1. The van der Waals surface area contributed by atoms with Crippen LogP contribution in [0.2, 0.25) is 0 Å². The van der Waals surface area contributed by atoms with Gasteiger partial charge in [-0.2, -0.15) is 0 Å². The molecule has 6 nitrogen and oxygen atoms in total. The second-order valence-electron chi connectivity index (χ2n) is 3.78. The van der Waals surface area contributed by atoms with Gasteiger partial charge in [0.2, 0.25) is 0 Å². The summed E-state index contributed by atoms with van der Waals surface area (Å²) in [6.07, 6.45) is 0. The molecule has 0 bridgehead atoms. The van der Waals surface area contributed by atoms with E-state index in [-0.39, 0.29) is 11.3 Å². The van der Waals surface area contributed by atoms with Crippen LogP contribution in [0, 0.1) is 0 Å². The Morgan fingerprint density at radius 2 is 1.55 bits per heavy atom. The van der Waals surface area contributed by atoms with E-state index in [2.05, 4.69) is 4.52 Å². The summed E-state index contributed by atoms with van der Waals surface area (Å²) >= 11 is 0. The predicted molar refractivity (Wildman–Crippen MR) is 70.5 cm³/mol. The van der Waals surface area contributed by atoms with Crippen molar-refractivity contribution in [2.45, 2.75) is 0 Å². The molecule has 0 amide bonds. The summed E-state index contributed by atoms with van der Waals surface area (Å²) in [4.78, 5) is 29.6. The van der Waals surface area contributed by atoms with Gasteiger partial charge in [-0.1, -0.05) is 30.3 Å². The Kier molecular flexibility index (Phi) is 4.20. The van der Waals surface area contributed by atoms with Crippen molar-refractivity contribution in [3.05, 3.63) is 60.2 Å². The van der Waals surface area contributed by atoms with Crippen LogP contribution in [0.1, 0.15) is 10.4 Å². The van der Waals surface area contributed by atoms with Crippen molar-refractivity contribution in [1.82, 2.24) is 0 Å². The third-order valence-electron chi connectivity index (χ3n) is 2.28. The standard InChI is InChI=1S/C13H11O6P/c14-13(18-10-6-2-1-3-7-10)11-8-4-5-9-12(11)19-20(15,16)17/h1-9H,(H2,15,16,17). The van der Waals surface area contributed by atoms with Gasteiger partial charge in [0.1, 0.15) is 17.1 Å². The van der Waals surface area contributed by atoms with Crippen LogP contribution in [0.25, 0.3) is 0 Å². The smallest absolute Gasteiger partial charge is 0.423 e. The van der Waals surface area contributed by atoms with Gasteiger partial charge in [0.25, 0.3) is 0 Å². The maximum Gasteiger partial charge on any atom is 0.524 e. The van der Waals surface area contributed by atoms with E-state index in [4.69, 9.17) is 14.5 Å². The van der Waals surface area contributed by atoms with Crippen LogP contribution in [-0.2, 0) is 4.57 Å². The zero-order valence-electron chi connectivity index (χ0n) is 10.2. The molecule has 2 aromatic carbocycles. The molecule has 7 heteroatoms. The SMILES string of the molecule is O=C(Oc1ccccc1)c1ccccc1OP(=O)(O)O. The van der Waals surface area contributed by atoms with Crippen molar-refractivity contribution in [2.75, 3.05) is 0 Å². The fourth-order valence-corrected chi connectivity index (χ4v) is 1.91. The van der Waals surface area contributed by atoms with E-state index < -0.39 is 13.8 Å². The van der Waals surface area contributed by atoms with Gasteiger partial charge < -0.3 is 9.26 Å². The van der Waals surface area contributed by atoms with E-state index >= 15 is 0 Å². The number of benzene rings is 2. The zero-order chi connectivity index (χ0) is 14.6. The number of phosphoric acid groups is 1. The molecule has 20 heavy (non-hydrogen) atoms. The molecule has 0 saturated carbocycles. The van der Waals surface area contributed by atoms with Gasteiger partial charge in [-0.25, -0.2) is 9.36 Å². The van der Waals surface area contributed by atoms with Gasteiger partial charge >= 0.3 is 13.8 Å². The molecule has 0 aromatic heterocycles. The summed E-state index contributed by atoms with van der Waals surface area (Å²) in [6.45, 7) is 0. The summed E-state index contributed by atoms with van der Waals surface area (Å²) < 4.78 is 20.4. The minimum Gasteiger partial charge on any atom is -0.423 e. The number of esters is 1. The molecule has 0 unspecified atom stereocenters. The number of para-hydroxylation sites is 2. The average Bonchev–Trinajstić information content (AvgIpc) is 2.38. The minimum atomic E-state index is -4.74. The van der Waals surface area contributed by atoms with Crippen LogP contribution in [0.15, 0.2) is 54.6 Å². The van der Waals surface area contributed by atoms with Crippen molar-refractivity contribution in [3.63, 3.8) is 0 Å². The molecule has 0 atom stereocenters. The minimum absolute atomic E-state index is 0.0697. The third-order valence-corrected chi connectivity index (χ3v) is 2.71. The van der Waals surface area contributed by atoms with E-state index in [1.165, 1.54) is 24.3 Å². The molecular formula is C13H11O6P. The summed E-state index contributed by atoms with van der Waals surface area (Å²) in [5.74, 6) is -0.675. The summed E-state index contributed by atoms with van der Waals surface area (Å²) in [6, 6.07) is 14.0. The molecule has 2 N–H and O–H groups in total. The normalized spacial score (nSPS) is 10.9. The third kappa shape index (κ3) is 3.93. The average molecular weight is 294 g/mol. The van der Waals surface area contributed by atoms with E-state index in [1.54, 1.807) is 30.3 Å². The van der Waals surface area contributed by atoms with E-state index in [0.717, 1.165) is 0 Å². The van der Waals surface area contributed by atoms with Crippen LogP contribution in [0.3, 0.4) is 0 Å². The highest BCUT2D eigenvalue weighted by atomic mass is 31.2. The predicted octanol–water partition coefficient (Wildman–Crippen LogP) is 2.38. The van der Waals surface area contributed by atoms with Crippen LogP contribution < -0.4 is 9.26 Å². The quantitative estimate of drug-likeness (QED) is 0.511. The number of phosphoric ester groups is 1. The largest absolute Gasteiger partial charge is 0.524 e. The maximum atomic E-state index is 12.0. The van der Waals surface area contributed by atoms with Gasteiger partial charge in [-0.15, -0.1) is 0 Å². The monoisotopic (exact) mass is 294 g/mol. The summed E-state index contributed by atoms with van der Waals surface area (Å²) in [7, 11) is -4.74. The van der Waals surface area contributed by atoms with Gasteiger partial charge in [0.05, 0.1) is 0 Å². The molecular weight excluding hydrogens is 283 g/mol. The molecule has 0 spiro atoms. The van der Waals surface area contributed by atoms with E-state index in [9.17, 15) is 9.36 Å². The number of carbonyl (C=O) groups is 1. The first-order valence-corrected chi connectivity index (χ1v) is 7.10. The Morgan fingerprint density at radius 3 is 2.20 bits per heavy atom. The van der Waals surface area contributed by atoms with Crippen molar-refractivity contribution in [2.24, 2.45) is 0 Å². The number of hydrogen-bond donors (Lipinski definition) is 2. The summed E-state index contributed by atoms with van der Waals surface area (Å²) in [5.41, 5.74) is -0.0697. The lowest BCUT2D eigenvalue weighted by molar-refractivity contribution is 0.0732. The molecule has 0 radical (unpaired) electrons. The Labute approximate surface area is 114 Å². The van der Waals surface area contributed by atoms with Crippen LogP contribution in [0.5, 0.6) is 11.5 Å². The first-order valence-electron chi connectivity index (χ1n) is 5.57. The zero-order valence-corrected chi connectivity index (χ0v) is 11.1. The Hall–Kier alpha value is -2.14. The first kappa shape index (κ1) is 14.3. The summed E-state index contributed by atoms with van der Waals surface area (Å²) in [5, 5.41) is 0.